The second-order valence-corrected chi connectivity index (χ2v) is 10.4. The van der Waals surface area contributed by atoms with E-state index in [0.29, 0.717) is 17.1 Å². The number of ether oxygens (including phenoxy) is 3. The third kappa shape index (κ3) is 5.57. The smallest absolute Gasteiger partial charge is 0.355 e. The predicted octanol–water partition coefficient (Wildman–Crippen LogP) is 2.65. The van der Waals surface area contributed by atoms with Gasteiger partial charge in [0.1, 0.15) is 35.6 Å². The van der Waals surface area contributed by atoms with Crippen molar-refractivity contribution in [2.45, 2.75) is 44.4 Å². The molecule has 2 amide bonds. The first-order valence-corrected chi connectivity index (χ1v) is 13.2. The number of thiophene rings is 1. The molecule has 1 saturated heterocycles. The zero-order valence-electron chi connectivity index (χ0n) is 20.0. The number of thioether (sulfide) groups is 1. The Kier molecular flexibility index (Phi) is 8.00. The highest BCUT2D eigenvalue weighted by atomic mass is 32.2. The van der Waals surface area contributed by atoms with Crippen LogP contribution in [0.2, 0.25) is 0 Å². The van der Waals surface area contributed by atoms with Gasteiger partial charge in [0.2, 0.25) is 5.91 Å². The summed E-state index contributed by atoms with van der Waals surface area (Å²) in [6, 6.07) is 10.0. The summed E-state index contributed by atoms with van der Waals surface area (Å²) in [5.41, 5.74) is 1.30. The topological polar surface area (TPSA) is 111 Å². The Hall–Kier alpha value is -3.31. The molecule has 2 aliphatic rings. The molecule has 4 rings (SSSR count). The first kappa shape index (κ1) is 25.8. The molecule has 0 bridgehead atoms. The molecule has 1 aromatic carbocycles. The van der Waals surface area contributed by atoms with E-state index in [0.717, 1.165) is 10.4 Å². The van der Waals surface area contributed by atoms with Crippen LogP contribution in [-0.2, 0) is 41.7 Å². The van der Waals surface area contributed by atoms with E-state index in [1.807, 2.05) is 17.5 Å². The SMILES string of the molecule is COc1ccc(COC(=O)C2=C(C(C)OC(C)=O)CS[C@H]3[C@@H](NC(=O)Cc4cccs4)C(=O)N23)cc1. The van der Waals surface area contributed by atoms with Crippen LogP contribution in [0.3, 0.4) is 0 Å². The number of carbonyl (C=O) groups is 4. The van der Waals surface area contributed by atoms with E-state index in [1.165, 1.54) is 34.9 Å². The molecule has 3 heterocycles. The summed E-state index contributed by atoms with van der Waals surface area (Å²) in [6.07, 6.45) is -0.542. The summed E-state index contributed by atoms with van der Waals surface area (Å²) >= 11 is 2.87. The van der Waals surface area contributed by atoms with Crippen molar-refractivity contribution in [2.75, 3.05) is 12.9 Å². The molecule has 0 spiro atoms. The average Bonchev–Trinajstić information content (AvgIpc) is 3.37. The van der Waals surface area contributed by atoms with Crippen LogP contribution in [0.1, 0.15) is 24.3 Å². The van der Waals surface area contributed by atoms with Gasteiger partial charge in [-0.3, -0.25) is 19.3 Å². The minimum Gasteiger partial charge on any atom is -0.497 e. The van der Waals surface area contributed by atoms with E-state index in [1.54, 1.807) is 38.3 Å². The minimum absolute atomic E-state index is 0.0115. The number of fused-ring (bicyclic) bond motifs is 1. The Balaban J connectivity index is 1.50. The zero-order chi connectivity index (χ0) is 25.8. The molecule has 1 fully saturated rings. The van der Waals surface area contributed by atoms with Crippen molar-refractivity contribution in [1.29, 1.82) is 0 Å². The number of benzene rings is 1. The van der Waals surface area contributed by atoms with Gasteiger partial charge in [-0.05, 0) is 36.1 Å². The molecule has 2 aromatic rings. The quantitative estimate of drug-likeness (QED) is 0.389. The van der Waals surface area contributed by atoms with E-state index in [9.17, 15) is 19.2 Å². The number of β-lactam (4-membered cyclic amide) rings is 1. The summed E-state index contributed by atoms with van der Waals surface area (Å²) in [5, 5.41) is 4.22. The number of methoxy groups -OCH3 is 1. The normalized spacial score (nSPS) is 19.6. The second kappa shape index (κ2) is 11.2. The van der Waals surface area contributed by atoms with Crippen LogP contribution in [0.25, 0.3) is 0 Å². The monoisotopic (exact) mass is 530 g/mol. The van der Waals surface area contributed by atoms with Crippen LogP contribution in [0.15, 0.2) is 53.0 Å². The van der Waals surface area contributed by atoms with Crippen molar-refractivity contribution in [3.8, 4) is 5.75 Å². The molecule has 1 N–H and O–H groups in total. The fraction of sp³-hybridized carbons (Fsp3) is 0.360. The van der Waals surface area contributed by atoms with Gasteiger partial charge in [-0.1, -0.05) is 18.2 Å². The highest BCUT2D eigenvalue weighted by Crippen LogP contribution is 2.42. The maximum Gasteiger partial charge on any atom is 0.355 e. The van der Waals surface area contributed by atoms with E-state index in [-0.39, 0.29) is 24.6 Å². The summed E-state index contributed by atoms with van der Waals surface area (Å²) in [7, 11) is 1.56. The van der Waals surface area contributed by atoms with Crippen LogP contribution in [0.5, 0.6) is 5.75 Å². The lowest BCUT2D eigenvalue weighted by molar-refractivity contribution is -0.154. The Morgan fingerprint density at radius 1 is 1.19 bits per heavy atom. The molecule has 0 aliphatic carbocycles. The number of nitrogens with zero attached hydrogens (tertiary/aromatic N) is 1. The Morgan fingerprint density at radius 2 is 1.94 bits per heavy atom. The fourth-order valence-corrected chi connectivity index (χ4v) is 6.16. The van der Waals surface area contributed by atoms with E-state index >= 15 is 0 Å². The third-order valence-corrected chi connectivity index (χ3v) is 7.96. The van der Waals surface area contributed by atoms with Gasteiger partial charge in [-0.25, -0.2) is 4.79 Å². The number of amides is 2. The van der Waals surface area contributed by atoms with Crippen LogP contribution in [0, 0.1) is 0 Å². The van der Waals surface area contributed by atoms with Crippen molar-refractivity contribution < 1.29 is 33.4 Å². The highest BCUT2D eigenvalue weighted by molar-refractivity contribution is 8.00. The number of hydrogen-bond donors (Lipinski definition) is 1. The van der Waals surface area contributed by atoms with Gasteiger partial charge in [0, 0.05) is 23.1 Å². The van der Waals surface area contributed by atoms with Crippen molar-refractivity contribution >= 4 is 46.9 Å². The number of nitrogens with one attached hydrogen (secondary N) is 1. The van der Waals surface area contributed by atoms with Gasteiger partial charge in [0.05, 0.1) is 13.5 Å². The van der Waals surface area contributed by atoms with E-state index in [4.69, 9.17) is 14.2 Å². The van der Waals surface area contributed by atoms with Crippen molar-refractivity contribution in [3.05, 3.63) is 63.5 Å². The molecule has 36 heavy (non-hydrogen) atoms. The van der Waals surface area contributed by atoms with Crippen LogP contribution in [0.4, 0.5) is 0 Å². The van der Waals surface area contributed by atoms with Gasteiger partial charge < -0.3 is 19.5 Å². The second-order valence-electron chi connectivity index (χ2n) is 8.26. The molecule has 2 aliphatic heterocycles. The van der Waals surface area contributed by atoms with Gasteiger partial charge in [0.25, 0.3) is 5.91 Å². The fourth-order valence-electron chi connectivity index (χ4n) is 4.00. The zero-order valence-corrected chi connectivity index (χ0v) is 21.6. The Morgan fingerprint density at radius 3 is 2.58 bits per heavy atom. The Labute approximate surface area is 216 Å². The lowest BCUT2D eigenvalue weighted by Crippen LogP contribution is -2.71. The molecule has 9 nitrogen and oxygen atoms in total. The molecule has 0 radical (unpaired) electrons. The lowest BCUT2D eigenvalue weighted by Gasteiger charge is -2.50. The Bertz CT molecular complexity index is 1180. The average molecular weight is 531 g/mol. The summed E-state index contributed by atoms with van der Waals surface area (Å²) in [6.45, 7) is 2.92. The van der Waals surface area contributed by atoms with Gasteiger partial charge in [-0.15, -0.1) is 23.1 Å². The maximum absolute atomic E-state index is 13.2. The maximum atomic E-state index is 13.2. The summed E-state index contributed by atoms with van der Waals surface area (Å²) in [4.78, 5) is 52.6. The first-order valence-electron chi connectivity index (χ1n) is 11.2. The summed E-state index contributed by atoms with van der Waals surface area (Å²) in [5.74, 6) is -0.842. The highest BCUT2D eigenvalue weighted by Gasteiger charge is 2.55. The lowest BCUT2D eigenvalue weighted by atomic mass is 10.0. The van der Waals surface area contributed by atoms with Gasteiger partial charge in [-0.2, -0.15) is 0 Å². The predicted molar refractivity (Wildman–Crippen MR) is 134 cm³/mol. The van der Waals surface area contributed by atoms with Gasteiger partial charge in [0.15, 0.2) is 0 Å². The van der Waals surface area contributed by atoms with Crippen LogP contribution in [-0.4, -0.2) is 59.0 Å². The first-order chi connectivity index (χ1) is 17.3. The van der Waals surface area contributed by atoms with Crippen molar-refractivity contribution in [1.82, 2.24) is 10.2 Å². The van der Waals surface area contributed by atoms with Crippen molar-refractivity contribution in [2.24, 2.45) is 0 Å². The molecule has 11 heteroatoms. The number of esters is 2. The molecule has 1 unspecified atom stereocenters. The summed E-state index contributed by atoms with van der Waals surface area (Å²) < 4.78 is 16.0. The number of rotatable bonds is 9. The molecular formula is C25H26N2O7S2. The number of carbonyl (C=O) groups excluding carboxylic acids is 4. The largest absolute Gasteiger partial charge is 0.497 e. The molecule has 1 aromatic heterocycles. The number of hydrogen-bond acceptors (Lipinski definition) is 9. The molecule has 190 valence electrons. The molecule has 3 atom stereocenters. The van der Waals surface area contributed by atoms with E-state index < -0.39 is 35.4 Å². The minimum atomic E-state index is -0.752. The molecule has 0 saturated carbocycles. The standard InChI is InChI=1S/C25H26N2O7S2/c1-14(34-15(2)28)19-13-36-24-21(26-20(29)11-18-5-4-10-35-18)23(30)27(24)22(19)25(31)33-12-16-6-8-17(32-3)9-7-16/h4-10,14,21,24H,11-13H2,1-3H3,(H,26,29)/t14?,21-,24-/m0/s1. The van der Waals surface area contributed by atoms with Crippen LogP contribution >= 0.6 is 23.1 Å². The van der Waals surface area contributed by atoms with Crippen molar-refractivity contribution in [3.63, 3.8) is 0 Å². The third-order valence-electron chi connectivity index (χ3n) is 5.78. The van der Waals surface area contributed by atoms with Crippen LogP contribution < -0.4 is 10.1 Å². The van der Waals surface area contributed by atoms with E-state index in [2.05, 4.69) is 5.32 Å². The molecular weight excluding hydrogens is 504 g/mol. The van der Waals surface area contributed by atoms with Gasteiger partial charge >= 0.3 is 11.9 Å².